The van der Waals surface area contributed by atoms with Crippen LogP contribution in [-0.2, 0) is 16.6 Å². The fourth-order valence-corrected chi connectivity index (χ4v) is 2.96. The number of aliphatic carboxylic acids is 1. The quantitative estimate of drug-likeness (QED) is 0.550. The van der Waals surface area contributed by atoms with Crippen LogP contribution in [0.4, 0.5) is 0 Å². The minimum absolute atomic E-state index is 0.0262. The van der Waals surface area contributed by atoms with Crippen LogP contribution in [0.2, 0.25) is 0 Å². The molecule has 29 heavy (non-hydrogen) atoms. The molecule has 150 valence electrons. The molecular formula is C25H26O4. The summed E-state index contributed by atoms with van der Waals surface area (Å²) >= 11 is 0. The van der Waals surface area contributed by atoms with Crippen molar-refractivity contribution in [2.24, 2.45) is 0 Å². The molecule has 1 unspecified atom stereocenters. The van der Waals surface area contributed by atoms with E-state index in [9.17, 15) is 9.90 Å². The summed E-state index contributed by atoms with van der Waals surface area (Å²) in [5, 5.41) is 9.69. The van der Waals surface area contributed by atoms with Crippen molar-refractivity contribution in [2.75, 3.05) is 0 Å². The molecule has 0 aliphatic carbocycles. The Bertz CT molecular complexity index is 941. The van der Waals surface area contributed by atoms with Crippen molar-refractivity contribution in [3.05, 3.63) is 90.0 Å². The lowest BCUT2D eigenvalue weighted by molar-refractivity contribution is -0.145. The van der Waals surface area contributed by atoms with Crippen LogP contribution in [-0.4, -0.2) is 17.2 Å². The van der Waals surface area contributed by atoms with Crippen molar-refractivity contribution >= 4 is 5.97 Å². The average molecular weight is 390 g/mol. The van der Waals surface area contributed by atoms with Crippen molar-refractivity contribution in [2.45, 2.75) is 38.7 Å². The van der Waals surface area contributed by atoms with E-state index in [-0.39, 0.29) is 11.8 Å². The summed E-state index contributed by atoms with van der Waals surface area (Å²) < 4.78 is 11.7. The van der Waals surface area contributed by atoms with Crippen molar-refractivity contribution < 1.29 is 19.4 Å². The molecule has 4 nitrogen and oxygen atoms in total. The number of hydrogen-bond donors (Lipinski definition) is 1. The van der Waals surface area contributed by atoms with Gasteiger partial charge in [-0.05, 0) is 46.9 Å². The molecule has 0 aromatic heterocycles. The number of carbonyl (C=O) groups is 1. The Morgan fingerprint density at radius 1 is 0.862 bits per heavy atom. The van der Waals surface area contributed by atoms with Gasteiger partial charge >= 0.3 is 5.97 Å². The first-order chi connectivity index (χ1) is 13.8. The lowest BCUT2D eigenvalue weighted by Crippen LogP contribution is -2.29. The molecule has 0 saturated heterocycles. The molecule has 0 amide bonds. The van der Waals surface area contributed by atoms with Gasteiger partial charge in [-0.15, -0.1) is 0 Å². The molecule has 0 saturated carbocycles. The monoisotopic (exact) mass is 390 g/mol. The van der Waals surface area contributed by atoms with E-state index < -0.39 is 12.1 Å². The van der Waals surface area contributed by atoms with Crippen molar-refractivity contribution in [3.63, 3.8) is 0 Å². The van der Waals surface area contributed by atoms with Gasteiger partial charge in [0.2, 0.25) is 0 Å². The highest BCUT2D eigenvalue weighted by atomic mass is 16.5. The van der Waals surface area contributed by atoms with Crippen LogP contribution >= 0.6 is 0 Å². The lowest BCUT2D eigenvalue weighted by Gasteiger charge is -2.20. The Morgan fingerprint density at radius 2 is 1.48 bits per heavy atom. The second kappa shape index (κ2) is 8.82. The highest BCUT2D eigenvalue weighted by Crippen LogP contribution is 2.28. The summed E-state index contributed by atoms with van der Waals surface area (Å²) in [6, 6.07) is 24.4. The Labute approximate surface area is 171 Å². The van der Waals surface area contributed by atoms with Crippen LogP contribution in [0.1, 0.15) is 31.9 Å². The first kappa shape index (κ1) is 20.5. The van der Waals surface area contributed by atoms with Crippen LogP contribution in [0, 0.1) is 0 Å². The maximum atomic E-state index is 11.8. The van der Waals surface area contributed by atoms with Crippen molar-refractivity contribution in [3.8, 4) is 17.2 Å². The van der Waals surface area contributed by atoms with Crippen LogP contribution < -0.4 is 9.47 Å². The predicted octanol–water partition coefficient (Wildman–Crippen LogP) is 5.85. The molecule has 3 aromatic rings. The smallest absolute Gasteiger partial charge is 0.345 e. The Kier molecular flexibility index (Phi) is 6.23. The van der Waals surface area contributed by atoms with E-state index in [2.05, 4.69) is 20.8 Å². The highest BCUT2D eigenvalue weighted by molar-refractivity contribution is 5.73. The van der Waals surface area contributed by atoms with Crippen molar-refractivity contribution in [1.29, 1.82) is 0 Å². The van der Waals surface area contributed by atoms with E-state index >= 15 is 0 Å². The van der Waals surface area contributed by atoms with E-state index in [1.54, 1.807) is 0 Å². The molecule has 0 spiro atoms. The molecule has 0 heterocycles. The third kappa shape index (κ3) is 5.61. The number of hydrogen-bond acceptors (Lipinski definition) is 3. The number of rotatable bonds is 7. The molecule has 1 N–H and O–H groups in total. The fourth-order valence-electron chi connectivity index (χ4n) is 2.96. The summed E-state index contributed by atoms with van der Waals surface area (Å²) in [5.41, 5.74) is 1.96. The zero-order valence-electron chi connectivity index (χ0n) is 17.0. The number of para-hydroxylation sites is 2. The molecule has 0 radical (unpaired) electrons. The topological polar surface area (TPSA) is 55.8 Å². The predicted molar refractivity (Wildman–Crippen MR) is 114 cm³/mol. The van der Waals surface area contributed by atoms with E-state index in [1.165, 1.54) is 5.56 Å². The summed E-state index contributed by atoms with van der Waals surface area (Å²) in [6.45, 7) is 6.39. The summed E-state index contributed by atoms with van der Waals surface area (Å²) in [7, 11) is 0. The third-order valence-corrected chi connectivity index (χ3v) is 4.62. The SMILES string of the molecule is CC(C)(C)c1ccc(OC(Cc2ccccc2Oc2ccccc2)C(=O)O)cc1. The summed E-state index contributed by atoms with van der Waals surface area (Å²) in [6.07, 6.45) is -0.824. The molecule has 0 bridgehead atoms. The lowest BCUT2D eigenvalue weighted by atomic mass is 9.87. The largest absolute Gasteiger partial charge is 0.478 e. The Balaban J connectivity index is 1.77. The van der Waals surface area contributed by atoms with Gasteiger partial charge in [-0.1, -0.05) is 69.3 Å². The molecular weight excluding hydrogens is 364 g/mol. The molecule has 3 aromatic carbocycles. The van der Waals surface area contributed by atoms with Gasteiger partial charge in [0.15, 0.2) is 6.10 Å². The minimum Gasteiger partial charge on any atom is -0.478 e. The number of benzene rings is 3. The standard InChI is InChI=1S/C25H26O4/c1-25(2,3)19-13-15-21(16-14-19)29-23(24(26)27)17-18-9-7-8-12-22(18)28-20-10-5-4-6-11-20/h4-16,23H,17H2,1-3H3,(H,26,27). The maximum absolute atomic E-state index is 11.8. The molecule has 0 aliphatic rings. The maximum Gasteiger partial charge on any atom is 0.345 e. The molecule has 4 heteroatoms. The van der Waals surface area contributed by atoms with Gasteiger partial charge in [0, 0.05) is 6.42 Å². The van der Waals surface area contributed by atoms with Gasteiger partial charge in [0.1, 0.15) is 17.2 Å². The Morgan fingerprint density at radius 3 is 2.10 bits per heavy atom. The number of carboxylic acid groups (broad SMARTS) is 1. The third-order valence-electron chi connectivity index (χ3n) is 4.62. The van der Waals surface area contributed by atoms with Gasteiger partial charge in [-0.25, -0.2) is 4.79 Å². The zero-order chi connectivity index (χ0) is 20.9. The Hall–Kier alpha value is -3.27. The second-order valence-electron chi connectivity index (χ2n) is 7.95. The van der Waals surface area contributed by atoms with Crippen LogP contribution in [0.15, 0.2) is 78.9 Å². The normalized spacial score (nSPS) is 12.2. The highest BCUT2D eigenvalue weighted by Gasteiger charge is 2.22. The average Bonchev–Trinajstić information content (AvgIpc) is 2.69. The zero-order valence-corrected chi connectivity index (χ0v) is 17.0. The summed E-state index contributed by atoms with van der Waals surface area (Å²) in [4.78, 5) is 11.8. The van der Waals surface area contributed by atoms with E-state index in [4.69, 9.17) is 9.47 Å². The van der Waals surface area contributed by atoms with Crippen LogP contribution in [0.5, 0.6) is 17.2 Å². The molecule has 0 fully saturated rings. The van der Waals surface area contributed by atoms with E-state index in [0.29, 0.717) is 17.2 Å². The fraction of sp³-hybridized carbons (Fsp3) is 0.240. The van der Waals surface area contributed by atoms with Gasteiger partial charge in [-0.2, -0.15) is 0 Å². The second-order valence-corrected chi connectivity index (χ2v) is 7.95. The van der Waals surface area contributed by atoms with Crippen molar-refractivity contribution in [1.82, 2.24) is 0 Å². The number of carboxylic acids is 1. The molecule has 1 atom stereocenters. The van der Waals surface area contributed by atoms with E-state index in [0.717, 1.165) is 5.56 Å². The number of ether oxygens (including phenoxy) is 2. The van der Waals surface area contributed by atoms with Gasteiger partial charge in [0.05, 0.1) is 0 Å². The van der Waals surface area contributed by atoms with Crippen LogP contribution in [0.25, 0.3) is 0 Å². The van der Waals surface area contributed by atoms with Gasteiger partial charge in [0.25, 0.3) is 0 Å². The molecule has 0 aliphatic heterocycles. The van der Waals surface area contributed by atoms with Gasteiger partial charge < -0.3 is 14.6 Å². The summed E-state index contributed by atoms with van der Waals surface area (Å²) in [5.74, 6) is 0.841. The molecule has 3 rings (SSSR count). The first-order valence-electron chi connectivity index (χ1n) is 9.64. The minimum atomic E-state index is -1.02. The van der Waals surface area contributed by atoms with Crippen LogP contribution in [0.3, 0.4) is 0 Å². The van der Waals surface area contributed by atoms with Gasteiger partial charge in [-0.3, -0.25) is 0 Å². The first-order valence-corrected chi connectivity index (χ1v) is 9.64. The van der Waals surface area contributed by atoms with E-state index in [1.807, 2.05) is 78.9 Å².